The molecular weight excluding hydrogens is 228 g/mol. The highest BCUT2D eigenvalue weighted by molar-refractivity contribution is 5.77. The van der Waals surface area contributed by atoms with Crippen molar-refractivity contribution in [1.82, 2.24) is 4.90 Å². The molecule has 0 saturated heterocycles. The van der Waals surface area contributed by atoms with Gasteiger partial charge in [-0.05, 0) is 26.8 Å². The Morgan fingerprint density at radius 2 is 2.00 bits per heavy atom. The maximum atomic E-state index is 11.8. The first-order chi connectivity index (χ1) is 8.62. The van der Waals surface area contributed by atoms with Crippen molar-refractivity contribution < 1.29 is 9.53 Å². The maximum absolute atomic E-state index is 11.8. The Labute approximate surface area is 109 Å². The second-order valence-corrected chi connectivity index (χ2v) is 4.17. The van der Waals surface area contributed by atoms with Crippen LogP contribution in [0.25, 0.3) is 0 Å². The fourth-order valence-electron chi connectivity index (χ4n) is 1.82. The van der Waals surface area contributed by atoms with E-state index in [4.69, 9.17) is 10.5 Å². The fraction of sp³-hybridized carbons (Fsp3) is 0.500. The normalized spacial score (nSPS) is 10.2. The zero-order chi connectivity index (χ0) is 13.5. The van der Waals surface area contributed by atoms with E-state index in [2.05, 4.69) is 0 Å². The molecule has 0 unspecified atom stereocenters. The average Bonchev–Trinajstić information content (AvgIpc) is 2.38. The summed E-state index contributed by atoms with van der Waals surface area (Å²) in [6.07, 6.45) is 0. The van der Waals surface area contributed by atoms with Crippen molar-refractivity contribution in [2.75, 3.05) is 19.7 Å². The Hall–Kier alpha value is -1.55. The van der Waals surface area contributed by atoms with Crippen molar-refractivity contribution in [3.05, 3.63) is 29.3 Å². The van der Waals surface area contributed by atoms with E-state index >= 15 is 0 Å². The first kappa shape index (κ1) is 14.5. The fourth-order valence-corrected chi connectivity index (χ4v) is 1.82. The number of carbonyl (C=O) groups is 1. The highest BCUT2D eigenvalue weighted by atomic mass is 16.5. The van der Waals surface area contributed by atoms with E-state index in [1.807, 2.05) is 39.0 Å². The summed E-state index contributed by atoms with van der Waals surface area (Å²) < 4.78 is 5.56. The molecule has 0 saturated carbocycles. The van der Waals surface area contributed by atoms with Gasteiger partial charge in [-0.2, -0.15) is 0 Å². The zero-order valence-corrected chi connectivity index (χ0v) is 11.4. The van der Waals surface area contributed by atoms with Crippen molar-refractivity contribution in [1.29, 1.82) is 0 Å². The number of amides is 1. The third-order valence-corrected chi connectivity index (χ3v) is 2.90. The topological polar surface area (TPSA) is 55.6 Å². The van der Waals surface area contributed by atoms with Gasteiger partial charge in [0.05, 0.1) is 0 Å². The number of hydrogen-bond donors (Lipinski definition) is 1. The average molecular weight is 250 g/mol. The predicted molar refractivity (Wildman–Crippen MR) is 72.5 cm³/mol. The largest absolute Gasteiger partial charge is 0.483 e. The van der Waals surface area contributed by atoms with Gasteiger partial charge in [-0.15, -0.1) is 0 Å². The molecule has 0 aliphatic heterocycles. The number of aryl methyl sites for hydroxylation is 1. The van der Waals surface area contributed by atoms with Gasteiger partial charge in [0.2, 0.25) is 0 Å². The van der Waals surface area contributed by atoms with Crippen LogP contribution in [0.4, 0.5) is 0 Å². The van der Waals surface area contributed by atoms with Crippen molar-refractivity contribution in [2.45, 2.75) is 27.3 Å². The highest BCUT2D eigenvalue weighted by Crippen LogP contribution is 2.19. The summed E-state index contributed by atoms with van der Waals surface area (Å²) in [6.45, 7) is 7.81. The molecule has 0 aliphatic rings. The molecule has 1 amide bonds. The van der Waals surface area contributed by atoms with Gasteiger partial charge in [0.1, 0.15) is 5.75 Å². The van der Waals surface area contributed by atoms with Crippen LogP contribution in [0.15, 0.2) is 18.2 Å². The maximum Gasteiger partial charge on any atom is 0.260 e. The van der Waals surface area contributed by atoms with Crippen LogP contribution in [0, 0.1) is 6.92 Å². The molecule has 0 fully saturated rings. The third-order valence-electron chi connectivity index (χ3n) is 2.90. The Bertz CT molecular complexity index is 401. The number of likely N-dealkylation sites (N-methyl/N-ethyl adjacent to an activating group) is 1. The smallest absolute Gasteiger partial charge is 0.260 e. The van der Waals surface area contributed by atoms with E-state index in [0.717, 1.165) is 11.1 Å². The first-order valence-corrected chi connectivity index (χ1v) is 6.32. The quantitative estimate of drug-likeness (QED) is 0.836. The Balaban J connectivity index is 2.66. The lowest BCUT2D eigenvalue weighted by molar-refractivity contribution is -0.132. The second kappa shape index (κ2) is 7.01. The number of nitrogens with zero attached hydrogens (tertiary/aromatic N) is 1. The molecule has 18 heavy (non-hydrogen) atoms. The molecule has 0 spiro atoms. The van der Waals surface area contributed by atoms with Crippen LogP contribution in [-0.2, 0) is 11.3 Å². The van der Waals surface area contributed by atoms with E-state index in [-0.39, 0.29) is 12.5 Å². The molecule has 1 aromatic carbocycles. The minimum atomic E-state index is 0.00328. The van der Waals surface area contributed by atoms with E-state index < -0.39 is 0 Å². The summed E-state index contributed by atoms with van der Waals surface area (Å²) in [5, 5.41) is 0. The summed E-state index contributed by atoms with van der Waals surface area (Å²) >= 11 is 0. The molecule has 0 bridgehead atoms. The summed E-state index contributed by atoms with van der Waals surface area (Å²) in [7, 11) is 0. The van der Waals surface area contributed by atoms with E-state index in [1.54, 1.807) is 4.90 Å². The molecular formula is C14H22N2O2. The van der Waals surface area contributed by atoms with Gasteiger partial charge in [0.15, 0.2) is 6.61 Å². The van der Waals surface area contributed by atoms with Crippen LogP contribution in [0.3, 0.4) is 0 Å². The second-order valence-electron chi connectivity index (χ2n) is 4.17. The van der Waals surface area contributed by atoms with Crippen LogP contribution in [0.5, 0.6) is 5.75 Å². The molecule has 0 heterocycles. The number of ether oxygens (including phenoxy) is 1. The minimum Gasteiger partial charge on any atom is -0.483 e. The van der Waals surface area contributed by atoms with Crippen LogP contribution >= 0.6 is 0 Å². The number of hydrogen-bond acceptors (Lipinski definition) is 3. The van der Waals surface area contributed by atoms with Gasteiger partial charge >= 0.3 is 0 Å². The van der Waals surface area contributed by atoms with E-state index in [9.17, 15) is 4.79 Å². The van der Waals surface area contributed by atoms with Crippen molar-refractivity contribution in [3.8, 4) is 5.75 Å². The van der Waals surface area contributed by atoms with Crippen LogP contribution in [0.2, 0.25) is 0 Å². The molecule has 0 aromatic heterocycles. The lowest BCUT2D eigenvalue weighted by Gasteiger charge is -2.19. The third kappa shape index (κ3) is 3.74. The van der Waals surface area contributed by atoms with Gasteiger partial charge in [-0.25, -0.2) is 0 Å². The molecule has 1 aromatic rings. The number of benzene rings is 1. The Morgan fingerprint density at radius 1 is 1.33 bits per heavy atom. The first-order valence-electron chi connectivity index (χ1n) is 6.32. The van der Waals surface area contributed by atoms with Crippen LogP contribution in [-0.4, -0.2) is 30.5 Å². The SMILES string of the molecule is CCN(CC)C(=O)COc1ccc(C)cc1CN. The standard InChI is InChI=1S/C14H22N2O2/c1-4-16(5-2)14(17)10-18-13-7-6-11(3)8-12(13)9-15/h6-8H,4-5,9-10,15H2,1-3H3. The van der Waals surface area contributed by atoms with E-state index in [0.29, 0.717) is 25.4 Å². The van der Waals surface area contributed by atoms with Gasteiger partial charge in [0.25, 0.3) is 5.91 Å². The van der Waals surface area contributed by atoms with E-state index in [1.165, 1.54) is 0 Å². The monoisotopic (exact) mass is 250 g/mol. The number of nitrogens with two attached hydrogens (primary N) is 1. The molecule has 0 aliphatic carbocycles. The van der Waals surface area contributed by atoms with Crippen molar-refractivity contribution >= 4 is 5.91 Å². The number of rotatable bonds is 6. The van der Waals surface area contributed by atoms with Crippen molar-refractivity contribution in [2.24, 2.45) is 5.73 Å². The zero-order valence-electron chi connectivity index (χ0n) is 11.4. The van der Waals surface area contributed by atoms with Gasteiger partial charge in [-0.1, -0.05) is 17.7 Å². The molecule has 4 heteroatoms. The van der Waals surface area contributed by atoms with Crippen molar-refractivity contribution in [3.63, 3.8) is 0 Å². The molecule has 100 valence electrons. The lowest BCUT2D eigenvalue weighted by atomic mass is 10.1. The van der Waals surface area contributed by atoms with Gasteiger partial charge < -0.3 is 15.4 Å². The summed E-state index contributed by atoms with van der Waals surface area (Å²) in [5.74, 6) is 0.701. The van der Waals surface area contributed by atoms with Gasteiger partial charge in [0, 0.05) is 25.2 Å². The summed E-state index contributed by atoms with van der Waals surface area (Å²) in [5.41, 5.74) is 7.73. The molecule has 4 nitrogen and oxygen atoms in total. The Kier molecular flexibility index (Phi) is 5.65. The molecule has 0 radical (unpaired) electrons. The Morgan fingerprint density at radius 3 is 2.56 bits per heavy atom. The number of carbonyl (C=O) groups excluding carboxylic acids is 1. The lowest BCUT2D eigenvalue weighted by Crippen LogP contribution is -2.34. The molecule has 1 rings (SSSR count). The summed E-state index contributed by atoms with van der Waals surface area (Å²) in [6, 6.07) is 5.81. The summed E-state index contributed by atoms with van der Waals surface area (Å²) in [4.78, 5) is 13.6. The van der Waals surface area contributed by atoms with Gasteiger partial charge in [-0.3, -0.25) is 4.79 Å². The van der Waals surface area contributed by atoms with Crippen LogP contribution in [0.1, 0.15) is 25.0 Å². The predicted octanol–water partition coefficient (Wildman–Crippen LogP) is 1.70. The van der Waals surface area contributed by atoms with Crippen LogP contribution < -0.4 is 10.5 Å². The molecule has 2 N–H and O–H groups in total. The highest BCUT2D eigenvalue weighted by Gasteiger charge is 2.11. The minimum absolute atomic E-state index is 0.00328. The molecule has 0 atom stereocenters.